The summed E-state index contributed by atoms with van der Waals surface area (Å²) in [6.45, 7) is 2.46. The average molecular weight is 184 g/mol. The number of aldehydes is 1. The van der Waals surface area contributed by atoms with Gasteiger partial charge in [0.25, 0.3) is 0 Å². The van der Waals surface area contributed by atoms with E-state index in [1.54, 1.807) is 6.92 Å². The zero-order valence-electron chi connectivity index (χ0n) is 7.49. The van der Waals surface area contributed by atoms with Crippen molar-refractivity contribution in [1.82, 2.24) is 0 Å². The number of rotatable bonds is 3. The van der Waals surface area contributed by atoms with Crippen LogP contribution in [0.3, 0.4) is 0 Å². The van der Waals surface area contributed by atoms with Crippen LogP contribution in [-0.4, -0.2) is 31.6 Å². The van der Waals surface area contributed by atoms with Gasteiger partial charge in [-0.25, -0.2) is 4.79 Å². The first-order chi connectivity index (χ1) is 6.26. The molecule has 1 fully saturated rings. The molecule has 0 spiro atoms. The summed E-state index contributed by atoms with van der Waals surface area (Å²) < 4.78 is 9.76. The van der Waals surface area contributed by atoms with Gasteiger partial charge >= 0.3 is 5.97 Å². The first-order valence-corrected chi connectivity index (χ1v) is 4.19. The van der Waals surface area contributed by atoms with Crippen LogP contribution in [0.4, 0.5) is 0 Å². The Hall–Kier alpha value is -1.16. The predicted molar refractivity (Wildman–Crippen MR) is 45.1 cm³/mol. The molecule has 0 radical (unpaired) electrons. The Kier molecular flexibility index (Phi) is 3.64. The minimum Gasteiger partial charge on any atom is -0.463 e. The Bertz CT molecular complexity index is 232. The third-order valence-electron chi connectivity index (χ3n) is 1.71. The third kappa shape index (κ3) is 2.99. The van der Waals surface area contributed by atoms with Crippen LogP contribution in [0.15, 0.2) is 11.6 Å². The fourth-order valence-electron chi connectivity index (χ4n) is 1.13. The van der Waals surface area contributed by atoms with Crippen molar-refractivity contribution in [3.63, 3.8) is 0 Å². The van der Waals surface area contributed by atoms with Crippen LogP contribution in [0.5, 0.6) is 0 Å². The highest BCUT2D eigenvalue weighted by Crippen LogP contribution is 2.16. The maximum Gasteiger partial charge on any atom is 0.330 e. The van der Waals surface area contributed by atoms with E-state index < -0.39 is 0 Å². The van der Waals surface area contributed by atoms with E-state index in [1.165, 1.54) is 6.08 Å². The Morgan fingerprint density at radius 2 is 2.54 bits per heavy atom. The van der Waals surface area contributed by atoms with Crippen molar-refractivity contribution < 1.29 is 19.1 Å². The number of esters is 1. The van der Waals surface area contributed by atoms with Gasteiger partial charge in [0.15, 0.2) is 0 Å². The van der Waals surface area contributed by atoms with Crippen LogP contribution in [-0.2, 0) is 19.1 Å². The summed E-state index contributed by atoms with van der Waals surface area (Å²) in [4.78, 5) is 21.2. The summed E-state index contributed by atoms with van der Waals surface area (Å²) in [5.74, 6) is -0.368. The Morgan fingerprint density at radius 1 is 1.77 bits per heavy atom. The summed E-state index contributed by atoms with van der Waals surface area (Å²) in [5, 5.41) is 0. The third-order valence-corrected chi connectivity index (χ3v) is 1.71. The molecule has 4 heteroatoms. The summed E-state index contributed by atoms with van der Waals surface area (Å²) in [6.07, 6.45) is 2.25. The van der Waals surface area contributed by atoms with Gasteiger partial charge in [-0.3, -0.25) is 0 Å². The number of ether oxygens (including phenoxy) is 2. The van der Waals surface area contributed by atoms with Gasteiger partial charge in [-0.1, -0.05) is 0 Å². The lowest BCUT2D eigenvalue weighted by Crippen LogP contribution is -2.04. The van der Waals surface area contributed by atoms with Crippen LogP contribution in [0, 0.1) is 0 Å². The van der Waals surface area contributed by atoms with E-state index >= 15 is 0 Å². The topological polar surface area (TPSA) is 52.6 Å². The number of carbonyl (C=O) groups is 2. The monoisotopic (exact) mass is 184 g/mol. The summed E-state index contributed by atoms with van der Waals surface area (Å²) >= 11 is 0. The van der Waals surface area contributed by atoms with E-state index in [4.69, 9.17) is 9.47 Å². The molecule has 1 rings (SSSR count). The van der Waals surface area contributed by atoms with Gasteiger partial charge in [-0.15, -0.1) is 0 Å². The van der Waals surface area contributed by atoms with Crippen molar-refractivity contribution in [3.8, 4) is 0 Å². The van der Waals surface area contributed by atoms with Gasteiger partial charge in [-0.05, 0) is 12.5 Å². The standard InChI is InChI=1S/C9H12O4/c1-2-12-9(11)4-7-3-8(5-10)13-6-7/h4-5,8H,2-3,6H2,1H3/b7-4-. The van der Waals surface area contributed by atoms with Crippen molar-refractivity contribution in [2.45, 2.75) is 19.4 Å². The molecule has 0 aliphatic carbocycles. The molecule has 4 nitrogen and oxygen atoms in total. The maximum absolute atomic E-state index is 11.0. The SMILES string of the molecule is CCOC(=O)/C=C1\COC(C=O)C1. The molecule has 1 saturated heterocycles. The molecular weight excluding hydrogens is 172 g/mol. The van der Waals surface area contributed by atoms with Gasteiger partial charge in [0.2, 0.25) is 0 Å². The average Bonchev–Trinajstić information content (AvgIpc) is 2.52. The van der Waals surface area contributed by atoms with E-state index in [2.05, 4.69) is 0 Å². The lowest BCUT2D eigenvalue weighted by atomic mass is 10.1. The first-order valence-electron chi connectivity index (χ1n) is 4.19. The van der Waals surface area contributed by atoms with E-state index in [-0.39, 0.29) is 12.1 Å². The van der Waals surface area contributed by atoms with Crippen molar-refractivity contribution in [2.24, 2.45) is 0 Å². The Labute approximate surface area is 76.5 Å². The zero-order valence-corrected chi connectivity index (χ0v) is 7.49. The summed E-state index contributed by atoms with van der Waals surface area (Å²) in [7, 11) is 0. The second-order valence-corrected chi connectivity index (χ2v) is 2.74. The van der Waals surface area contributed by atoms with E-state index in [9.17, 15) is 9.59 Å². The molecule has 1 unspecified atom stereocenters. The molecule has 0 saturated carbocycles. The normalized spacial score (nSPS) is 24.7. The van der Waals surface area contributed by atoms with Crippen molar-refractivity contribution >= 4 is 12.3 Å². The lowest BCUT2D eigenvalue weighted by Gasteiger charge is -1.96. The van der Waals surface area contributed by atoms with Gasteiger partial charge in [0, 0.05) is 12.5 Å². The van der Waals surface area contributed by atoms with E-state index in [0.717, 1.165) is 11.9 Å². The summed E-state index contributed by atoms with van der Waals surface area (Å²) in [5.41, 5.74) is 0.815. The van der Waals surface area contributed by atoms with E-state index in [1.807, 2.05) is 0 Å². The molecule has 0 aromatic heterocycles. The Balaban J connectivity index is 2.44. The van der Waals surface area contributed by atoms with Crippen molar-refractivity contribution in [3.05, 3.63) is 11.6 Å². The molecular formula is C9H12O4. The van der Waals surface area contributed by atoms with Crippen LogP contribution in [0.2, 0.25) is 0 Å². The zero-order chi connectivity index (χ0) is 9.68. The molecule has 0 bridgehead atoms. The molecule has 0 amide bonds. The van der Waals surface area contributed by atoms with Gasteiger partial charge in [-0.2, -0.15) is 0 Å². The highest BCUT2D eigenvalue weighted by molar-refractivity contribution is 5.83. The van der Waals surface area contributed by atoms with Crippen LogP contribution >= 0.6 is 0 Å². The predicted octanol–water partition coefficient (Wildman–Crippen LogP) is 0.464. The molecule has 1 aliphatic rings. The van der Waals surface area contributed by atoms with Crippen LogP contribution < -0.4 is 0 Å². The minimum absolute atomic E-state index is 0.349. The molecule has 0 aromatic rings. The molecule has 0 N–H and O–H groups in total. The Morgan fingerprint density at radius 3 is 3.08 bits per heavy atom. The second kappa shape index (κ2) is 4.77. The smallest absolute Gasteiger partial charge is 0.330 e. The maximum atomic E-state index is 11.0. The van der Waals surface area contributed by atoms with E-state index in [0.29, 0.717) is 19.6 Å². The molecule has 72 valence electrons. The fraction of sp³-hybridized carbons (Fsp3) is 0.556. The van der Waals surface area contributed by atoms with Crippen molar-refractivity contribution in [1.29, 1.82) is 0 Å². The van der Waals surface area contributed by atoms with Gasteiger partial charge < -0.3 is 14.3 Å². The molecule has 1 heterocycles. The van der Waals surface area contributed by atoms with Gasteiger partial charge in [0.05, 0.1) is 13.2 Å². The molecule has 0 aromatic carbocycles. The molecule has 1 aliphatic heterocycles. The first kappa shape index (κ1) is 9.92. The van der Waals surface area contributed by atoms with Crippen LogP contribution in [0.25, 0.3) is 0 Å². The van der Waals surface area contributed by atoms with Crippen molar-refractivity contribution in [2.75, 3.05) is 13.2 Å². The van der Waals surface area contributed by atoms with Gasteiger partial charge in [0.1, 0.15) is 12.4 Å². The lowest BCUT2D eigenvalue weighted by molar-refractivity contribution is -0.137. The molecule has 13 heavy (non-hydrogen) atoms. The fourth-order valence-corrected chi connectivity index (χ4v) is 1.13. The largest absolute Gasteiger partial charge is 0.463 e. The highest BCUT2D eigenvalue weighted by atomic mass is 16.5. The number of carbonyl (C=O) groups excluding carboxylic acids is 2. The highest BCUT2D eigenvalue weighted by Gasteiger charge is 2.19. The molecule has 1 atom stereocenters. The number of hydrogen-bond donors (Lipinski definition) is 0. The quantitative estimate of drug-likeness (QED) is 0.363. The minimum atomic E-state index is -0.388. The second-order valence-electron chi connectivity index (χ2n) is 2.74. The summed E-state index contributed by atoms with van der Waals surface area (Å²) in [6, 6.07) is 0. The van der Waals surface area contributed by atoms with Crippen LogP contribution in [0.1, 0.15) is 13.3 Å². The number of hydrogen-bond acceptors (Lipinski definition) is 4.